The Bertz CT molecular complexity index is 388. The van der Waals surface area contributed by atoms with Gasteiger partial charge in [0.05, 0.1) is 24.9 Å². The van der Waals surface area contributed by atoms with E-state index >= 15 is 0 Å². The first kappa shape index (κ1) is 13.5. The number of nitrogens with zero attached hydrogens (tertiary/aromatic N) is 2. The maximum Gasteiger partial charge on any atom is 0.419 e. The topological polar surface area (TPSA) is 76.9 Å². The van der Waals surface area contributed by atoms with Crippen molar-refractivity contribution in [3.05, 3.63) is 18.0 Å². The molecule has 17 heavy (non-hydrogen) atoms. The van der Waals surface area contributed by atoms with E-state index < -0.39 is 17.8 Å². The SMILES string of the molecule is CC(OCCn1cc(C(F)(F)F)cn1)C(=N)N. The molecule has 3 N–H and O–H groups in total. The number of nitrogens with one attached hydrogen (secondary N) is 1. The van der Waals surface area contributed by atoms with Crippen molar-refractivity contribution in [3.8, 4) is 0 Å². The van der Waals surface area contributed by atoms with Crippen LogP contribution in [0.5, 0.6) is 0 Å². The van der Waals surface area contributed by atoms with Gasteiger partial charge in [0.2, 0.25) is 0 Å². The molecule has 0 aromatic carbocycles. The summed E-state index contributed by atoms with van der Waals surface area (Å²) in [6.07, 6.45) is -3.27. The first-order chi connectivity index (χ1) is 7.80. The van der Waals surface area contributed by atoms with Gasteiger partial charge in [-0.15, -0.1) is 0 Å². The molecule has 0 radical (unpaired) electrons. The second kappa shape index (κ2) is 5.17. The number of aromatic nitrogens is 2. The molecule has 96 valence electrons. The van der Waals surface area contributed by atoms with Crippen LogP contribution in [0.2, 0.25) is 0 Å². The van der Waals surface area contributed by atoms with E-state index in [4.69, 9.17) is 15.9 Å². The molecule has 0 amide bonds. The van der Waals surface area contributed by atoms with Gasteiger partial charge >= 0.3 is 6.18 Å². The van der Waals surface area contributed by atoms with Gasteiger partial charge in [0, 0.05) is 6.20 Å². The number of alkyl halides is 3. The van der Waals surface area contributed by atoms with Crippen LogP contribution in [0.3, 0.4) is 0 Å². The van der Waals surface area contributed by atoms with Gasteiger partial charge in [-0.3, -0.25) is 10.1 Å². The first-order valence-electron chi connectivity index (χ1n) is 4.86. The third-order valence-corrected chi connectivity index (χ3v) is 2.09. The van der Waals surface area contributed by atoms with Gasteiger partial charge in [-0.25, -0.2) is 0 Å². The lowest BCUT2D eigenvalue weighted by Gasteiger charge is -2.10. The summed E-state index contributed by atoms with van der Waals surface area (Å²) in [4.78, 5) is 0. The van der Waals surface area contributed by atoms with Crippen molar-refractivity contribution in [1.29, 1.82) is 5.41 Å². The van der Waals surface area contributed by atoms with Crippen LogP contribution in [0.15, 0.2) is 12.4 Å². The van der Waals surface area contributed by atoms with Crippen LogP contribution >= 0.6 is 0 Å². The number of halogens is 3. The molecule has 5 nitrogen and oxygen atoms in total. The Kier molecular flexibility index (Phi) is 4.11. The largest absolute Gasteiger partial charge is 0.419 e. The van der Waals surface area contributed by atoms with Gasteiger partial charge < -0.3 is 10.5 Å². The fraction of sp³-hybridized carbons (Fsp3) is 0.556. The van der Waals surface area contributed by atoms with Crippen molar-refractivity contribution >= 4 is 5.84 Å². The van der Waals surface area contributed by atoms with Crippen LogP contribution in [-0.2, 0) is 17.5 Å². The van der Waals surface area contributed by atoms with Crippen molar-refractivity contribution in [1.82, 2.24) is 9.78 Å². The highest BCUT2D eigenvalue weighted by molar-refractivity contribution is 5.81. The Labute approximate surface area is 95.9 Å². The Hall–Kier alpha value is -1.57. The Morgan fingerprint density at radius 2 is 2.29 bits per heavy atom. The summed E-state index contributed by atoms with van der Waals surface area (Å²) in [5.74, 6) is -0.124. The summed E-state index contributed by atoms with van der Waals surface area (Å²) in [5.41, 5.74) is 4.37. The first-order valence-corrected chi connectivity index (χ1v) is 4.86. The zero-order valence-corrected chi connectivity index (χ0v) is 9.16. The lowest BCUT2D eigenvalue weighted by molar-refractivity contribution is -0.137. The molecular formula is C9H13F3N4O. The zero-order chi connectivity index (χ0) is 13.1. The molecule has 0 aliphatic rings. The fourth-order valence-electron chi connectivity index (χ4n) is 1.05. The molecule has 1 atom stereocenters. The van der Waals surface area contributed by atoms with E-state index in [-0.39, 0.29) is 19.0 Å². The van der Waals surface area contributed by atoms with Crippen molar-refractivity contribution in [2.75, 3.05) is 6.61 Å². The summed E-state index contributed by atoms with van der Waals surface area (Å²) in [6, 6.07) is 0. The van der Waals surface area contributed by atoms with E-state index in [1.807, 2.05) is 0 Å². The number of amidine groups is 1. The number of hydrogen-bond acceptors (Lipinski definition) is 3. The van der Waals surface area contributed by atoms with E-state index in [0.717, 1.165) is 17.1 Å². The molecule has 8 heteroatoms. The normalized spacial score (nSPS) is 13.6. The molecule has 1 unspecified atom stereocenters. The van der Waals surface area contributed by atoms with Crippen LogP contribution in [0.25, 0.3) is 0 Å². The summed E-state index contributed by atoms with van der Waals surface area (Å²) in [7, 11) is 0. The molecule has 0 aliphatic heterocycles. The molecule has 1 aromatic heterocycles. The second-order valence-corrected chi connectivity index (χ2v) is 3.46. The lowest BCUT2D eigenvalue weighted by Crippen LogP contribution is -2.28. The lowest BCUT2D eigenvalue weighted by atomic mass is 10.3. The molecule has 0 saturated carbocycles. The van der Waals surface area contributed by atoms with Crippen molar-refractivity contribution < 1.29 is 17.9 Å². The zero-order valence-electron chi connectivity index (χ0n) is 9.16. The standard InChI is InChI=1S/C9H13F3N4O/c1-6(8(13)14)17-3-2-16-5-7(4-15-16)9(10,11)12/h4-6H,2-3H2,1H3,(H3,13,14). The molecule has 0 spiro atoms. The maximum absolute atomic E-state index is 12.2. The Morgan fingerprint density at radius 3 is 2.76 bits per heavy atom. The number of rotatable bonds is 5. The van der Waals surface area contributed by atoms with Crippen LogP contribution in [0.4, 0.5) is 13.2 Å². The molecule has 0 aliphatic carbocycles. The summed E-state index contributed by atoms with van der Waals surface area (Å²) in [5, 5.41) is 10.6. The monoisotopic (exact) mass is 250 g/mol. The van der Waals surface area contributed by atoms with Gasteiger partial charge in [0.25, 0.3) is 0 Å². The predicted molar refractivity (Wildman–Crippen MR) is 54.6 cm³/mol. The van der Waals surface area contributed by atoms with Gasteiger partial charge in [-0.1, -0.05) is 0 Å². The van der Waals surface area contributed by atoms with Gasteiger partial charge in [0.15, 0.2) is 0 Å². The molecule has 0 bridgehead atoms. The van der Waals surface area contributed by atoms with Crippen molar-refractivity contribution in [3.63, 3.8) is 0 Å². The minimum absolute atomic E-state index is 0.124. The number of hydrogen-bond donors (Lipinski definition) is 2. The molecule has 1 aromatic rings. The Balaban J connectivity index is 2.43. The minimum atomic E-state index is -4.38. The molecule has 0 saturated heterocycles. The predicted octanol–water partition coefficient (Wildman–Crippen LogP) is 1.24. The van der Waals surface area contributed by atoms with Crippen LogP contribution < -0.4 is 5.73 Å². The quantitative estimate of drug-likeness (QED) is 0.609. The molecular weight excluding hydrogens is 237 g/mol. The van der Waals surface area contributed by atoms with Gasteiger partial charge in [0.1, 0.15) is 11.9 Å². The average molecular weight is 250 g/mol. The molecule has 1 rings (SSSR count). The number of ether oxygens (including phenoxy) is 1. The van der Waals surface area contributed by atoms with E-state index in [9.17, 15) is 13.2 Å². The third kappa shape index (κ3) is 4.06. The maximum atomic E-state index is 12.2. The minimum Gasteiger partial charge on any atom is -0.385 e. The fourth-order valence-corrected chi connectivity index (χ4v) is 1.05. The highest BCUT2D eigenvalue weighted by atomic mass is 19.4. The van der Waals surface area contributed by atoms with E-state index in [2.05, 4.69) is 5.10 Å². The van der Waals surface area contributed by atoms with Gasteiger partial charge in [-0.05, 0) is 6.92 Å². The van der Waals surface area contributed by atoms with E-state index in [1.54, 1.807) is 6.92 Å². The van der Waals surface area contributed by atoms with Crippen LogP contribution in [0.1, 0.15) is 12.5 Å². The van der Waals surface area contributed by atoms with Crippen molar-refractivity contribution in [2.24, 2.45) is 5.73 Å². The summed E-state index contributed by atoms with van der Waals surface area (Å²) < 4.78 is 42.9. The Morgan fingerprint density at radius 1 is 1.65 bits per heavy atom. The van der Waals surface area contributed by atoms with Gasteiger partial charge in [-0.2, -0.15) is 18.3 Å². The average Bonchev–Trinajstić information content (AvgIpc) is 2.65. The highest BCUT2D eigenvalue weighted by Crippen LogP contribution is 2.28. The summed E-state index contributed by atoms with van der Waals surface area (Å²) >= 11 is 0. The van der Waals surface area contributed by atoms with Crippen LogP contribution in [-0.4, -0.2) is 28.3 Å². The van der Waals surface area contributed by atoms with Crippen LogP contribution in [0, 0.1) is 5.41 Å². The summed E-state index contributed by atoms with van der Waals surface area (Å²) in [6.45, 7) is 1.90. The van der Waals surface area contributed by atoms with Crippen molar-refractivity contribution in [2.45, 2.75) is 25.7 Å². The van der Waals surface area contributed by atoms with E-state index in [1.165, 1.54) is 0 Å². The molecule has 0 fully saturated rings. The number of nitrogens with two attached hydrogens (primary N) is 1. The highest BCUT2D eigenvalue weighted by Gasteiger charge is 2.32. The van der Waals surface area contributed by atoms with E-state index in [0.29, 0.717) is 0 Å². The smallest absolute Gasteiger partial charge is 0.385 e. The third-order valence-electron chi connectivity index (χ3n) is 2.09. The second-order valence-electron chi connectivity index (χ2n) is 3.46. The molecule has 1 heterocycles.